The molecule has 2 aromatic rings. The summed E-state index contributed by atoms with van der Waals surface area (Å²) in [4.78, 5) is 0. The maximum atomic E-state index is 5.34. The first-order chi connectivity index (χ1) is 10.2. The summed E-state index contributed by atoms with van der Waals surface area (Å²) < 4.78 is 7.50. The maximum Gasteiger partial charge on any atom is 0.119 e. The number of para-hydroxylation sites is 1. The Labute approximate surface area is 142 Å². The molecule has 3 rings (SSSR count). The number of benzene rings is 2. The quantitative estimate of drug-likeness (QED) is 0.699. The molecule has 4 heteroatoms. The van der Waals surface area contributed by atoms with E-state index in [0.717, 1.165) is 33.2 Å². The third-order valence-electron chi connectivity index (χ3n) is 3.95. The monoisotopic (exact) mass is 409 g/mol. The van der Waals surface area contributed by atoms with Gasteiger partial charge < -0.3 is 10.1 Å². The van der Waals surface area contributed by atoms with Crippen LogP contribution in [-0.4, -0.2) is 7.11 Å². The van der Waals surface area contributed by atoms with E-state index in [-0.39, 0.29) is 0 Å². The van der Waals surface area contributed by atoms with Crippen molar-refractivity contribution in [2.75, 3.05) is 12.4 Å². The van der Waals surface area contributed by atoms with Gasteiger partial charge in [-0.15, -0.1) is 0 Å². The molecule has 0 bridgehead atoms. The predicted octanol–water partition coefficient (Wildman–Crippen LogP) is 5.71. The fraction of sp³-hybridized carbons (Fsp3) is 0.294. The van der Waals surface area contributed by atoms with Crippen molar-refractivity contribution in [3.05, 3.63) is 56.5 Å². The molecule has 0 radical (unpaired) electrons. The van der Waals surface area contributed by atoms with Gasteiger partial charge in [-0.25, -0.2) is 0 Å². The van der Waals surface area contributed by atoms with Crippen LogP contribution in [0.25, 0.3) is 0 Å². The smallest absolute Gasteiger partial charge is 0.119 e. The van der Waals surface area contributed by atoms with Gasteiger partial charge in [0.1, 0.15) is 5.75 Å². The van der Waals surface area contributed by atoms with Crippen LogP contribution >= 0.6 is 31.9 Å². The van der Waals surface area contributed by atoms with Crippen molar-refractivity contribution in [1.82, 2.24) is 0 Å². The zero-order valence-electron chi connectivity index (χ0n) is 11.8. The highest BCUT2D eigenvalue weighted by Crippen LogP contribution is 2.38. The molecular formula is C17H17Br2NO. The Kier molecular flexibility index (Phi) is 4.55. The Morgan fingerprint density at radius 1 is 1.14 bits per heavy atom. The number of halogens is 2. The van der Waals surface area contributed by atoms with Crippen LogP contribution in [-0.2, 0) is 6.42 Å². The lowest BCUT2D eigenvalue weighted by atomic mass is 9.87. The number of rotatable bonds is 3. The Balaban J connectivity index is 1.92. The van der Waals surface area contributed by atoms with Gasteiger partial charge in [0.05, 0.1) is 18.8 Å². The van der Waals surface area contributed by atoms with Crippen LogP contribution in [0.2, 0.25) is 0 Å². The van der Waals surface area contributed by atoms with Gasteiger partial charge >= 0.3 is 0 Å². The van der Waals surface area contributed by atoms with E-state index in [2.05, 4.69) is 61.4 Å². The van der Waals surface area contributed by atoms with E-state index in [0.29, 0.717) is 6.04 Å². The molecule has 110 valence electrons. The van der Waals surface area contributed by atoms with Gasteiger partial charge in [0.2, 0.25) is 0 Å². The Morgan fingerprint density at radius 2 is 1.90 bits per heavy atom. The largest absolute Gasteiger partial charge is 0.497 e. The van der Waals surface area contributed by atoms with E-state index in [4.69, 9.17) is 4.74 Å². The first kappa shape index (κ1) is 14.9. The minimum atomic E-state index is 0.342. The summed E-state index contributed by atoms with van der Waals surface area (Å²) in [6.45, 7) is 0. The maximum absolute atomic E-state index is 5.34. The molecule has 0 aromatic heterocycles. The summed E-state index contributed by atoms with van der Waals surface area (Å²) in [6.07, 6.45) is 3.47. The minimum absolute atomic E-state index is 0.342. The second kappa shape index (κ2) is 6.41. The molecule has 0 spiro atoms. The summed E-state index contributed by atoms with van der Waals surface area (Å²) in [5, 5.41) is 3.68. The molecule has 21 heavy (non-hydrogen) atoms. The predicted molar refractivity (Wildman–Crippen MR) is 94.1 cm³/mol. The van der Waals surface area contributed by atoms with Gasteiger partial charge in [0.15, 0.2) is 0 Å². The van der Waals surface area contributed by atoms with Crippen LogP contribution in [0.15, 0.2) is 45.3 Å². The fourth-order valence-electron chi connectivity index (χ4n) is 2.88. The molecule has 2 aromatic carbocycles. The number of methoxy groups -OCH3 is 1. The Morgan fingerprint density at radius 3 is 2.62 bits per heavy atom. The molecule has 0 aliphatic heterocycles. The van der Waals surface area contributed by atoms with Crippen LogP contribution in [0.4, 0.5) is 5.69 Å². The van der Waals surface area contributed by atoms with Gasteiger partial charge in [-0.2, -0.15) is 0 Å². The van der Waals surface area contributed by atoms with E-state index in [1.165, 1.54) is 17.5 Å². The lowest BCUT2D eigenvalue weighted by Gasteiger charge is -2.28. The molecule has 2 nitrogen and oxygen atoms in total. The van der Waals surface area contributed by atoms with Crippen molar-refractivity contribution >= 4 is 37.5 Å². The van der Waals surface area contributed by atoms with Crippen LogP contribution in [0.5, 0.6) is 5.75 Å². The van der Waals surface area contributed by atoms with Gasteiger partial charge in [0, 0.05) is 8.95 Å². The fourth-order valence-corrected chi connectivity index (χ4v) is 4.10. The standard InChI is InChI=1S/C17H17Br2NO/c1-21-12-8-9-13-11(10-12)4-2-7-16(13)20-17-14(18)5-3-6-15(17)19/h3,5-6,8-10,16,20H,2,4,7H2,1H3. The number of fused-ring (bicyclic) bond motifs is 1. The van der Waals surface area contributed by atoms with E-state index in [1.54, 1.807) is 7.11 Å². The van der Waals surface area contributed by atoms with Gasteiger partial charge in [-0.05, 0) is 86.5 Å². The zero-order chi connectivity index (χ0) is 14.8. The summed E-state index contributed by atoms with van der Waals surface area (Å²) in [5.74, 6) is 0.941. The van der Waals surface area contributed by atoms with Crippen molar-refractivity contribution in [1.29, 1.82) is 0 Å². The number of hydrogen-bond acceptors (Lipinski definition) is 2. The molecule has 0 fully saturated rings. The zero-order valence-corrected chi connectivity index (χ0v) is 15.0. The number of ether oxygens (including phenoxy) is 1. The summed E-state index contributed by atoms with van der Waals surface area (Å²) in [7, 11) is 1.72. The normalized spacial score (nSPS) is 17.2. The van der Waals surface area contributed by atoms with E-state index in [1.807, 2.05) is 12.1 Å². The van der Waals surface area contributed by atoms with Crippen molar-refractivity contribution in [3.63, 3.8) is 0 Å². The molecule has 1 atom stereocenters. The molecule has 0 saturated heterocycles. The van der Waals surface area contributed by atoms with Crippen LogP contribution in [0.1, 0.15) is 30.0 Å². The average molecular weight is 411 g/mol. The molecule has 1 N–H and O–H groups in total. The molecule has 1 unspecified atom stereocenters. The third kappa shape index (κ3) is 3.11. The van der Waals surface area contributed by atoms with Crippen molar-refractivity contribution in [2.45, 2.75) is 25.3 Å². The van der Waals surface area contributed by atoms with Crippen molar-refractivity contribution in [3.8, 4) is 5.75 Å². The van der Waals surface area contributed by atoms with Gasteiger partial charge in [-0.3, -0.25) is 0 Å². The Bertz CT molecular complexity index is 637. The highest BCUT2D eigenvalue weighted by Gasteiger charge is 2.21. The number of anilines is 1. The van der Waals surface area contributed by atoms with E-state index >= 15 is 0 Å². The van der Waals surface area contributed by atoms with Crippen molar-refractivity contribution in [2.24, 2.45) is 0 Å². The second-order valence-electron chi connectivity index (χ2n) is 5.25. The first-order valence-corrected chi connectivity index (χ1v) is 8.65. The molecule has 1 aliphatic carbocycles. The lowest BCUT2D eigenvalue weighted by molar-refractivity contribution is 0.413. The van der Waals surface area contributed by atoms with Crippen LogP contribution in [0.3, 0.4) is 0 Å². The molecular weight excluding hydrogens is 394 g/mol. The van der Waals surface area contributed by atoms with Gasteiger partial charge in [-0.1, -0.05) is 12.1 Å². The summed E-state index contributed by atoms with van der Waals surface area (Å²) in [5.41, 5.74) is 3.89. The lowest BCUT2D eigenvalue weighted by Crippen LogP contribution is -2.18. The highest BCUT2D eigenvalue weighted by atomic mass is 79.9. The van der Waals surface area contributed by atoms with Crippen LogP contribution < -0.4 is 10.1 Å². The highest BCUT2D eigenvalue weighted by molar-refractivity contribution is 9.11. The van der Waals surface area contributed by atoms with Crippen LogP contribution in [0, 0.1) is 0 Å². The second-order valence-corrected chi connectivity index (χ2v) is 6.96. The molecule has 0 saturated carbocycles. The molecule has 1 aliphatic rings. The van der Waals surface area contributed by atoms with Crippen molar-refractivity contribution < 1.29 is 4.74 Å². The molecule has 0 amide bonds. The minimum Gasteiger partial charge on any atom is -0.497 e. The van der Waals surface area contributed by atoms with E-state index < -0.39 is 0 Å². The summed E-state index contributed by atoms with van der Waals surface area (Å²) >= 11 is 7.25. The Hall–Kier alpha value is -1.000. The van der Waals surface area contributed by atoms with E-state index in [9.17, 15) is 0 Å². The number of nitrogens with one attached hydrogen (secondary N) is 1. The molecule has 0 heterocycles. The number of hydrogen-bond donors (Lipinski definition) is 1. The van der Waals surface area contributed by atoms with Gasteiger partial charge in [0.25, 0.3) is 0 Å². The third-order valence-corrected chi connectivity index (χ3v) is 5.27. The topological polar surface area (TPSA) is 21.3 Å². The summed E-state index contributed by atoms with van der Waals surface area (Å²) in [6, 6.07) is 12.9. The number of aryl methyl sites for hydroxylation is 1. The average Bonchev–Trinajstić information content (AvgIpc) is 2.50. The SMILES string of the molecule is COc1ccc2c(c1)CCCC2Nc1c(Br)cccc1Br. The first-order valence-electron chi connectivity index (χ1n) is 7.06.